The van der Waals surface area contributed by atoms with Crippen LogP contribution in [-0.2, 0) is 27.7 Å². The van der Waals surface area contributed by atoms with Crippen LogP contribution >= 0.6 is 7.82 Å². The van der Waals surface area contributed by atoms with Crippen molar-refractivity contribution in [2.24, 2.45) is 0 Å². The van der Waals surface area contributed by atoms with Gasteiger partial charge in [0.25, 0.3) is 0 Å². The third-order valence-electron chi connectivity index (χ3n) is 9.41. The van der Waals surface area contributed by atoms with Gasteiger partial charge in [-0.1, -0.05) is 213 Å². The molecule has 0 aliphatic carbocycles. The smallest absolute Gasteiger partial charge is 0.460 e. The van der Waals surface area contributed by atoms with Gasteiger partial charge in [0.15, 0.2) is 0 Å². The van der Waals surface area contributed by atoms with Crippen molar-refractivity contribution in [3.63, 3.8) is 0 Å². The monoisotopic (exact) mass is 715 g/mol. The number of rotatable bonds is 41. The van der Waals surface area contributed by atoms with E-state index >= 15 is 0 Å². The number of unbranched alkanes of at least 4 members (excludes halogenated alkanes) is 30. The van der Waals surface area contributed by atoms with Crippen LogP contribution in [0.4, 0.5) is 0 Å². The Balaban J connectivity index is 3.95. The second kappa shape index (κ2) is 38.5. The Morgan fingerprint density at radius 2 is 0.653 bits per heavy atom. The number of carbonyl (C=O) groups is 1. The molecule has 0 fully saturated rings. The largest absolute Gasteiger partial charge is 0.474 e. The highest BCUT2D eigenvalue weighted by Gasteiger charge is 2.26. The normalized spacial score (nSPS) is 11.7. The summed E-state index contributed by atoms with van der Waals surface area (Å²) in [6.45, 7) is 10.4. The molecule has 0 amide bonds. The van der Waals surface area contributed by atoms with Crippen LogP contribution < -0.4 is 0 Å². The van der Waals surface area contributed by atoms with Gasteiger partial charge in [0.1, 0.15) is 6.61 Å². The molecule has 0 N–H and O–H groups in total. The lowest BCUT2D eigenvalue weighted by Crippen LogP contribution is -2.12. The van der Waals surface area contributed by atoms with Gasteiger partial charge >= 0.3 is 13.8 Å². The average Bonchev–Trinajstić information content (AvgIpc) is 3.09. The molecule has 49 heavy (non-hydrogen) atoms. The molecule has 0 saturated heterocycles. The summed E-state index contributed by atoms with van der Waals surface area (Å²) in [6, 6.07) is 0. The first-order valence-corrected chi connectivity index (χ1v) is 22.8. The summed E-state index contributed by atoms with van der Waals surface area (Å²) in [7, 11) is -3.70. The zero-order chi connectivity index (χ0) is 35.9. The fourth-order valence-corrected chi connectivity index (χ4v) is 7.40. The van der Waals surface area contributed by atoms with Gasteiger partial charge in [0.2, 0.25) is 0 Å². The third-order valence-corrected chi connectivity index (χ3v) is 10.9. The highest BCUT2D eigenvalue weighted by atomic mass is 31.2. The van der Waals surface area contributed by atoms with Gasteiger partial charge in [0, 0.05) is 5.57 Å². The van der Waals surface area contributed by atoms with E-state index in [9.17, 15) is 9.36 Å². The Bertz CT molecular complexity index is 715. The summed E-state index contributed by atoms with van der Waals surface area (Å²) in [4.78, 5) is 11.7. The van der Waals surface area contributed by atoms with Crippen LogP contribution in [0.1, 0.15) is 226 Å². The van der Waals surface area contributed by atoms with E-state index in [4.69, 9.17) is 18.3 Å². The first-order chi connectivity index (χ1) is 23.9. The Labute approximate surface area is 305 Å². The van der Waals surface area contributed by atoms with Crippen molar-refractivity contribution in [3.8, 4) is 0 Å². The Kier molecular flexibility index (Phi) is 38.0. The molecule has 7 heteroatoms. The Morgan fingerprint density at radius 3 is 0.918 bits per heavy atom. The van der Waals surface area contributed by atoms with E-state index in [1.54, 1.807) is 6.92 Å². The van der Waals surface area contributed by atoms with Gasteiger partial charge in [-0.2, -0.15) is 0 Å². The number of carbonyl (C=O) groups excluding carboxylic acids is 1. The summed E-state index contributed by atoms with van der Waals surface area (Å²) in [6.07, 6.45) is 41.7. The van der Waals surface area contributed by atoms with E-state index in [2.05, 4.69) is 20.4 Å². The summed E-state index contributed by atoms with van der Waals surface area (Å²) in [5.41, 5.74) is 0.322. The van der Waals surface area contributed by atoms with Crippen molar-refractivity contribution >= 4 is 13.8 Å². The quantitative estimate of drug-likeness (QED) is 0.0272. The molecule has 0 spiro atoms. The average molecular weight is 715 g/mol. The molecule has 0 aliphatic heterocycles. The minimum Gasteiger partial charge on any atom is -0.460 e. The standard InChI is InChI=1S/C42H83O6P/c1-5-7-9-11-13-15-17-19-21-23-25-27-29-31-33-35-37-46-49(44,48-40-39-45-42(43)41(3)4)47-38-36-34-32-30-28-26-24-22-20-18-16-14-12-10-8-6-2/h3,5-40H2,1-2,4H3. The fraction of sp³-hybridized carbons (Fsp3) is 0.929. The van der Waals surface area contributed by atoms with Crippen molar-refractivity contribution in [2.75, 3.05) is 26.4 Å². The second-order valence-corrected chi connectivity index (χ2v) is 16.1. The van der Waals surface area contributed by atoms with Gasteiger partial charge in [-0.25, -0.2) is 9.36 Å². The number of ether oxygens (including phenoxy) is 1. The van der Waals surface area contributed by atoms with Crippen LogP contribution in [0.25, 0.3) is 0 Å². The molecule has 0 saturated carbocycles. The molecule has 0 rings (SSSR count). The zero-order valence-corrected chi connectivity index (χ0v) is 34.0. The van der Waals surface area contributed by atoms with Crippen molar-refractivity contribution in [2.45, 2.75) is 226 Å². The number of phosphoric acid groups is 1. The topological polar surface area (TPSA) is 71.1 Å². The molecule has 6 nitrogen and oxygen atoms in total. The molecule has 0 aliphatic rings. The molecular weight excluding hydrogens is 631 g/mol. The highest BCUT2D eigenvalue weighted by molar-refractivity contribution is 7.48. The lowest BCUT2D eigenvalue weighted by molar-refractivity contribution is -0.139. The minimum absolute atomic E-state index is 0.0134. The van der Waals surface area contributed by atoms with Gasteiger partial charge < -0.3 is 4.74 Å². The Hall–Kier alpha value is -0.680. The van der Waals surface area contributed by atoms with Gasteiger partial charge in [-0.05, 0) is 19.8 Å². The molecule has 0 aromatic carbocycles. The van der Waals surface area contributed by atoms with E-state index in [0.29, 0.717) is 18.8 Å². The maximum absolute atomic E-state index is 13.3. The fourth-order valence-electron chi connectivity index (χ4n) is 6.17. The first-order valence-electron chi connectivity index (χ1n) is 21.3. The van der Waals surface area contributed by atoms with E-state index in [1.807, 2.05) is 0 Å². The predicted octanol–water partition coefficient (Wildman–Crippen LogP) is 14.8. The molecule has 0 atom stereocenters. The summed E-state index contributed by atoms with van der Waals surface area (Å²) in [5.74, 6) is -0.485. The number of hydrogen-bond acceptors (Lipinski definition) is 6. The molecule has 292 valence electrons. The molecular formula is C42H83O6P. The van der Waals surface area contributed by atoms with Crippen molar-refractivity contribution < 1.29 is 27.7 Å². The molecule has 0 radical (unpaired) electrons. The summed E-state index contributed by atoms with van der Waals surface area (Å²) < 4.78 is 35.3. The van der Waals surface area contributed by atoms with Crippen LogP contribution in [0.15, 0.2) is 12.2 Å². The molecule has 0 aromatic rings. The number of hydrogen-bond donors (Lipinski definition) is 0. The third kappa shape index (κ3) is 36.9. The maximum atomic E-state index is 13.3. The second-order valence-electron chi connectivity index (χ2n) is 14.5. The number of phosphoric ester groups is 1. The van der Waals surface area contributed by atoms with Crippen LogP contribution in [-0.4, -0.2) is 32.4 Å². The van der Waals surface area contributed by atoms with E-state index in [0.717, 1.165) is 25.7 Å². The van der Waals surface area contributed by atoms with Crippen LogP contribution in [0.3, 0.4) is 0 Å². The molecule has 0 unspecified atom stereocenters. The molecule has 0 aromatic heterocycles. The van der Waals surface area contributed by atoms with Crippen LogP contribution in [0.2, 0.25) is 0 Å². The maximum Gasteiger partial charge on any atom is 0.474 e. The van der Waals surface area contributed by atoms with Crippen molar-refractivity contribution in [1.29, 1.82) is 0 Å². The van der Waals surface area contributed by atoms with Crippen molar-refractivity contribution in [3.05, 3.63) is 12.2 Å². The van der Waals surface area contributed by atoms with Crippen LogP contribution in [0, 0.1) is 0 Å². The SMILES string of the molecule is C=C(C)C(=O)OCCOP(=O)(OCCCCCCCCCCCCCCCCCC)OCCCCCCCCCCCCCCCCCC. The van der Waals surface area contributed by atoms with Gasteiger partial charge in [0.05, 0.1) is 19.8 Å². The van der Waals surface area contributed by atoms with E-state index in [-0.39, 0.29) is 13.2 Å². The summed E-state index contributed by atoms with van der Waals surface area (Å²) in [5, 5.41) is 0. The van der Waals surface area contributed by atoms with Gasteiger partial charge in [-0.3, -0.25) is 13.6 Å². The first kappa shape index (κ1) is 48.3. The summed E-state index contributed by atoms with van der Waals surface area (Å²) >= 11 is 0. The van der Waals surface area contributed by atoms with Crippen molar-refractivity contribution in [1.82, 2.24) is 0 Å². The molecule has 0 bridgehead atoms. The lowest BCUT2D eigenvalue weighted by Gasteiger charge is -2.18. The zero-order valence-electron chi connectivity index (χ0n) is 33.1. The van der Waals surface area contributed by atoms with E-state index < -0.39 is 13.8 Å². The Morgan fingerprint density at radius 1 is 0.408 bits per heavy atom. The number of esters is 1. The van der Waals surface area contributed by atoms with E-state index in [1.165, 1.54) is 180 Å². The van der Waals surface area contributed by atoms with Crippen LogP contribution in [0.5, 0.6) is 0 Å². The molecule has 0 heterocycles. The highest BCUT2D eigenvalue weighted by Crippen LogP contribution is 2.49. The predicted molar refractivity (Wildman–Crippen MR) is 210 cm³/mol. The van der Waals surface area contributed by atoms with Gasteiger partial charge in [-0.15, -0.1) is 0 Å². The minimum atomic E-state index is -3.70. The lowest BCUT2D eigenvalue weighted by atomic mass is 10.0.